The van der Waals surface area contributed by atoms with Crippen molar-refractivity contribution in [2.24, 2.45) is 0 Å². The maximum Gasteiger partial charge on any atom is 0.308 e. The van der Waals surface area contributed by atoms with Gasteiger partial charge in [-0.25, -0.2) is 0 Å². The maximum atomic E-state index is 12.4. The molecule has 0 bridgehead atoms. The third kappa shape index (κ3) is 3.00. The fraction of sp³-hybridized carbons (Fsp3) is 0.333. The van der Waals surface area contributed by atoms with Crippen molar-refractivity contribution in [1.29, 1.82) is 0 Å². The van der Waals surface area contributed by atoms with Crippen LogP contribution in [-0.4, -0.2) is 32.3 Å². The molecule has 0 atom stereocenters. The zero-order chi connectivity index (χ0) is 15.7. The van der Waals surface area contributed by atoms with Crippen molar-refractivity contribution in [2.45, 2.75) is 6.92 Å². The van der Waals surface area contributed by atoms with Crippen LogP contribution in [0.4, 0.5) is 5.88 Å². The Morgan fingerprint density at radius 3 is 2.68 bits per heavy atom. The van der Waals surface area contributed by atoms with E-state index in [9.17, 15) is 9.59 Å². The summed E-state index contributed by atoms with van der Waals surface area (Å²) in [5.41, 5.74) is 0.252. The second-order valence-electron chi connectivity index (χ2n) is 4.92. The lowest BCUT2D eigenvalue weighted by Gasteiger charge is -2.27. The van der Waals surface area contributed by atoms with E-state index in [4.69, 9.17) is 13.9 Å². The Morgan fingerprint density at radius 2 is 2.00 bits per heavy atom. The first kappa shape index (κ1) is 15.1. The van der Waals surface area contributed by atoms with Gasteiger partial charge in [-0.1, -0.05) is 0 Å². The molecule has 2 aromatic rings. The molecule has 1 fully saturated rings. The molecule has 6 nitrogen and oxygen atoms in total. The maximum absolute atomic E-state index is 12.4. The van der Waals surface area contributed by atoms with Gasteiger partial charge in [0.2, 0.25) is 0 Å². The van der Waals surface area contributed by atoms with Crippen LogP contribution in [0.1, 0.15) is 6.92 Å². The smallest absolute Gasteiger partial charge is 0.308 e. The van der Waals surface area contributed by atoms with E-state index in [0.717, 1.165) is 0 Å². The number of fused-ring (bicyclic) bond motifs is 1. The summed E-state index contributed by atoms with van der Waals surface area (Å²) in [5, 5.41) is 0.364. The Hall–Kier alpha value is -1.86. The highest BCUT2D eigenvalue weighted by Gasteiger charge is 2.17. The standard InChI is InChI=1S/C15H14BrNO5/c1-9(18)21-10-6-11-13(19)8-14(17-2-4-20-5-3-17)22-15(11)12(16)7-10/h6-8H,2-5H2,1H3. The molecule has 1 aliphatic heterocycles. The monoisotopic (exact) mass is 367 g/mol. The first-order chi connectivity index (χ1) is 10.5. The van der Waals surface area contributed by atoms with E-state index in [0.29, 0.717) is 53.4 Å². The number of halogens is 1. The number of morpholine rings is 1. The van der Waals surface area contributed by atoms with Gasteiger partial charge in [0, 0.05) is 26.1 Å². The van der Waals surface area contributed by atoms with Crippen molar-refractivity contribution >= 4 is 38.8 Å². The predicted octanol–water partition coefficient (Wildman–Crippen LogP) is 2.32. The molecule has 0 amide bonds. The fourth-order valence-electron chi connectivity index (χ4n) is 2.34. The minimum atomic E-state index is -0.444. The molecule has 2 heterocycles. The average Bonchev–Trinajstić information content (AvgIpc) is 2.48. The van der Waals surface area contributed by atoms with Crippen LogP contribution < -0.4 is 15.1 Å². The number of hydrogen-bond acceptors (Lipinski definition) is 6. The molecule has 3 rings (SSSR count). The summed E-state index contributed by atoms with van der Waals surface area (Å²) in [6.07, 6.45) is 0. The number of benzene rings is 1. The summed E-state index contributed by atoms with van der Waals surface area (Å²) >= 11 is 3.36. The highest BCUT2D eigenvalue weighted by molar-refractivity contribution is 9.10. The first-order valence-electron chi connectivity index (χ1n) is 6.83. The normalized spacial score (nSPS) is 15.1. The molecule has 22 heavy (non-hydrogen) atoms. The molecule has 0 spiro atoms. The van der Waals surface area contributed by atoms with Gasteiger partial charge >= 0.3 is 5.97 Å². The van der Waals surface area contributed by atoms with Gasteiger partial charge in [-0.2, -0.15) is 0 Å². The van der Waals surface area contributed by atoms with E-state index in [1.54, 1.807) is 6.07 Å². The highest BCUT2D eigenvalue weighted by atomic mass is 79.9. The molecule has 0 unspecified atom stereocenters. The Kier molecular flexibility index (Phi) is 4.17. The molecule has 1 aliphatic rings. The Bertz CT molecular complexity index is 779. The SMILES string of the molecule is CC(=O)Oc1cc(Br)c2oc(N3CCOCC3)cc(=O)c2c1. The molecule has 1 saturated heterocycles. The lowest BCUT2D eigenvalue weighted by molar-refractivity contribution is -0.131. The van der Waals surface area contributed by atoms with Gasteiger partial charge in [0.15, 0.2) is 16.9 Å². The highest BCUT2D eigenvalue weighted by Crippen LogP contribution is 2.30. The predicted molar refractivity (Wildman–Crippen MR) is 84.5 cm³/mol. The van der Waals surface area contributed by atoms with Gasteiger partial charge in [-0.3, -0.25) is 9.59 Å². The van der Waals surface area contributed by atoms with E-state index >= 15 is 0 Å². The molecule has 0 aliphatic carbocycles. The molecule has 0 N–H and O–H groups in total. The van der Waals surface area contributed by atoms with Crippen LogP contribution in [0.25, 0.3) is 11.0 Å². The van der Waals surface area contributed by atoms with Crippen molar-refractivity contribution in [3.05, 3.63) is 32.9 Å². The van der Waals surface area contributed by atoms with E-state index in [1.165, 1.54) is 19.1 Å². The Morgan fingerprint density at radius 1 is 1.27 bits per heavy atom. The number of hydrogen-bond donors (Lipinski definition) is 0. The Balaban J connectivity index is 2.08. The van der Waals surface area contributed by atoms with E-state index in [2.05, 4.69) is 15.9 Å². The molecule has 1 aromatic heterocycles. The van der Waals surface area contributed by atoms with Crippen LogP contribution in [-0.2, 0) is 9.53 Å². The van der Waals surface area contributed by atoms with Crippen LogP contribution in [0, 0.1) is 0 Å². The fourth-order valence-corrected chi connectivity index (χ4v) is 2.86. The van der Waals surface area contributed by atoms with Crippen LogP contribution in [0.5, 0.6) is 5.75 Å². The molecule has 0 saturated carbocycles. The van der Waals surface area contributed by atoms with Gasteiger partial charge < -0.3 is 18.8 Å². The molecule has 1 aromatic carbocycles. The van der Waals surface area contributed by atoms with Crippen molar-refractivity contribution in [3.63, 3.8) is 0 Å². The summed E-state index contributed by atoms with van der Waals surface area (Å²) < 4.78 is 16.7. The topological polar surface area (TPSA) is 69.0 Å². The summed E-state index contributed by atoms with van der Waals surface area (Å²) in [5.74, 6) is 0.376. The van der Waals surface area contributed by atoms with Gasteiger partial charge in [0.05, 0.1) is 23.1 Å². The quantitative estimate of drug-likeness (QED) is 0.599. The summed E-state index contributed by atoms with van der Waals surface area (Å²) in [6, 6.07) is 4.57. The second kappa shape index (κ2) is 6.10. The third-order valence-electron chi connectivity index (χ3n) is 3.33. The van der Waals surface area contributed by atoms with E-state index < -0.39 is 5.97 Å². The van der Waals surface area contributed by atoms with Gasteiger partial charge in [0.25, 0.3) is 0 Å². The van der Waals surface area contributed by atoms with Crippen molar-refractivity contribution in [3.8, 4) is 5.75 Å². The van der Waals surface area contributed by atoms with Crippen molar-refractivity contribution < 1.29 is 18.7 Å². The summed E-state index contributed by atoms with van der Waals surface area (Å²) in [6.45, 7) is 3.87. The van der Waals surface area contributed by atoms with Gasteiger partial charge in [0.1, 0.15) is 5.75 Å². The van der Waals surface area contributed by atoms with Crippen LogP contribution in [0.15, 0.2) is 31.9 Å². The van der Waals surface area contributed by atoms with Crippen molar-refractivity contribution in [1.82, 2.24) is 0 Å². The molecule has 7 heteroatoms. The number of anilines is 1. The summed E-state index contributed by atoms with van der Waals surface area (Å²) in [4.78, 5) is 25.4. The second-order valence-corrected chi connectivity index (χ2v) is 5.78. The Labute approximate surface area is 134 Å². The number of nitrogens with zero attached hydrogens (tertiary/aromatic N) is 1. The summed E-state index contributed by atoms with van der Waals surface area (Å²) in [7, 11) is 0. The molecular weight excluding hydrogens is 354 g/mol. The zero-order valence-corrected chi connectivity index (χ0v) is 13.5. The lowest BCUT2D eigenvalue weighted by atomic mass is 10.2. The van der Waals surface area contributed by atoms with Crippen molar-refractivity contribution in [2.75, 3.05) is 31.2 Å². The number of carbonyl (C=O) groups excluding carboxylic acids is 1. The van der Waals surface area contributed by atoms with E-state index in [-0.39, 0.29) is 5.43 Å². The molecule has 0 radical (unpaired) electrons. The van der Waals surface area contributed by atoms with Crippen LogP contribution >= 0.6 is 15.9 Å². The molecule has 116 valence electrons. The first-order valence-corrected chi connectivity index (χ1v) is 7.62. The van der Waals surface area contributed by atoms with Gasteiger partial charge in [-0.05, 0) is 28.1 Å². The average molecular weight is 368 g/mol. The minimum absolute atomic E-state index is 0.183. The number of carbonyl (C=O) groups is 1. The number of esters is 1. The minimum Gasteiger partial charge on any atom is -0.439 e. The van der Waals surface area contributed by atoms with Crippen LogP contribution in [0.3, 0.4) is 0 Å². The molecular formula is C15H14BrNO5. The van der Waals surface area contributed by atoms with Crippen LogP contribution in [0.2, 0.25) is 0 Å². The lowest BCUT2D eigenvalue weighted by Crippen LogP contribution is -2.36. The largest absolute Gasteiger partial charge is 0.439 e. The number of rotatable bonds is 2. The van der Waals surface area contributed by atoms with Gasteiger partial charge in [-0.15, -0.1) is 0 Å². The zero-order valence-electron chi connectivity index (χ0n) is 11.9. The van der Waals surface area contributed by atoms with E-state index in [1.807, 2.05) is 4.90 Å². The third-order valence-corrected chi connectivity index (χ3v) is 3.92. The number of ether oxygens (including phenoxy) is 2.